The maximum absolute atomic E-state index is 15.2. The summed E-state index contributed by atoms with van der Waals surface area (Å²) in [7, 11) is 1.75. The van der Waals surface area contributed by atoms with Crippen molar-refractivity contribution in [2.45, 2.75) is 71.3 Å². The van der Waals surface area contributed by atoms with Gasteiger partial charge in [0.05, 0.1) is 34.3 Å². The summed E-state index contributed by atoms with van der Waals surface area (Å²) < 4.78 is 8.83. The van der Waals surface area contributed by atoms with Gasteiger partial charge in [-0.1, -0.05) is 42.5 Å². The number of anilines is 1. The fraction of sp³-hybridized carbons (Fsp3) is 0.419. The molecule has 282 valence electrons. The molecule has 4 aromatic rings. The van der Waals surface area contributed by atoms with Gasteiger partial charge in [0.15, 0.2) is 0 Å². The van der Waals surface area contributed by atoms with Crippen LogP contribution in [0.5, 0.6) is 11.5 Å². The van der Waals surface area contributed by atoms with Gasteiger partial charge in [0.1, 0.15) is 23.0 Å². The number of imide groups is 2. The Morgan fingerprint density at radius 3 is 2.58 bits per heavy atom. The van der Waals surface area contributed by atoms with Crippen LogP contribution in [0.2, 0.25) is 5.02 Å². The Hall–Kier alpha value is -4.74. The van der Waals surface area contributed by atoms with Crippen LogP contribution in [0.4, 0.5) is 5.82 Å². The van der Waals surface area contributed by atoms with Crippen LogP contribution in [0.1, 0.15) is 63.0 Å². The molecule has 0 unspecified atom stereocenters. The predicted octanol–water partition coefficient (Wildman–Crippen LogP) is 7.88. The topological polar surface area (TPSA) is 122 Å². The zero-order valence-corrected chi connectivity index (χ0v) is 32.5. The van der Waals surface area contributed by atoms with Gasteiger partial charge in [-0.3, -0.25) is 28.8 Å². The number of phenolic OH excluding ortho intramolecular Hbond substituents is 1. The highest BCUT2D eigenvalue weighted by Crippen LogP contribution is 2.63. The number of halogens is 1. The van der Waals surface area contributed by atoms with Gasteiger partial charge in [-0.15, -0.1) is 11.3 Å². The number of rotatable bonds is 4. The molecular weight excluding hydrogens is 736 g/mol. The molecule has 2 aromatic carbocycles. The molecule has 10 nitrogen and oxygen atoms in total. The number of hydrogen-bond donors (Lipinski definition) is 1. The van der Waals surface area contributed by atoms with Gasteiger partial charge in [-0.05, 0) is 98.4 Å². The summed E-state index contributed by atoms with van der Waals surface area (Å²) in [6.07, 6.45) is 9.61. The molecule has 55 heavy (non-hydrogen) atoms. The Balaban J connectivity index is 1.07. The number of thiophene rings is 1. The van der Waals surface area contributed by atoms with E-state index in [1.54, 1.807) is 52.4 Å². The van der Waals surface area contributed by atoms with Gasteiger partial charge in [-0.2, -0.15) is 5.10 Å². The zero-order valence-electron chi connectivity index (χ0n) is 30.9. The van der Waals surface area contributed by atoms with Crippen molar-refractivity contribution in [3.05, 3.63) is 82.1 Å². The normalized spacial score (nSPS) is 29.2. The second kappa shape index (κ2) is 12.4. The first-order chi connectivity index (χ1) is 26.4. The number of carbonyl (C=O) groups is 4. The Bertz CT molecular complexity index is 2440. The van der Waals surface area contributed by atoms with E-state index in [0.29, 0.717) is 35.1 Å². The Morgan fingerprint density at radius 1 is 0.982 bits per heavy atom. The minimum Gasteiger partial charge on any atom is -0.508 e. The summed E-state index contributed by atoms with van der Waals surface area (Å²) in [6, 6.07) is 12.5. The smallest absolute Gasteiger partial charge is 0.242 e. The lowest BCUT2D eigenvalue weighted by atomic mass is 9.51. The average Bonchev–Trinajstić information content (AvgIpc) is 3.84. The average molecular weight is 777 g/mol. The first kappa shape index (κ1) is 34.7. The van der Waals surface area contributed by atoms with E-state index < -0.39 is 35.0 Å². The first-order valence-electron chi connectivity index (χ1n) is 19.3. The molecule has 3 aliphatic heterocycles. The molecule has 3 aliphatic carbocycles. The molecule has 6 aliphatic rings. The number of aryl methyl sites for hydroxylation is 2. The van der Waals surface area contributed by atoms with Crippen LogP contribution in [0.3, 0.4) is 0 Å². The summed E-state index contributed by atoms with van der Waals surface area (Å²) in [5.74, 6) is -2.60. The van der Waals surface area contributed by atoms with Crippen LogP contribution in [0.15, 0.2) is 65.9 Å². The summed E-state index contributed by atoms with van der Waals surface area (Å²) in [4.78, 5) is 62.6. The Kier molecular flexibility index (Phi) is 7.82. The Morgan fingerprint density at radius 2 is 1.78 bits per heavy atom. The van der Waals surface area contributed by atoms with Crippen LogP contribution < -0.4 is 9.64 Å². The van der Waals surface area contributed by atoms with Crippen molar-refractivity contribution in [2.24, 2.45) is 42.1 Å². The highest BCUT2D eigenvalue weighted by atomic mass is 35.5. The first-order valence-corrected chi connectivity index (χ1v) is 20.5. The molecular formula is C43H41ClN4O6S. The number of allylic oxidation sites excluding steroid dienone is 3. The monoisotopic (exact) mass is 776 g/mol. The summed E-state index contributed by atoms with van der Waals surface area (Å²) in [5, 5.41) is 16.9. The van der Waals surface area contributed by atoms with E-state index in [0.717, 1.165) is 69.3 Å². The molecule has 10 rings (SSSR count). The van der Waals surface area contributed by atoms with Crippen LogP contribution in [0.25, 0.3) is 20.7 Å². The molecule has 5 heterocycles. The zero-order chi connectivity index (χ0) is 38.1. The number of nitrogens with zero attached hydrogens (tertiary/aromatic N) is 4. The van der Waals surface area contributed by atoms with E-state index in [2.05, 4.69) is 6.08 Å². The molecule has 2 aromatic heterocycles. The number of aromatic nitrogens is 2. The quantitative estimate of drug-likeness (QED) is 0.165. The van der Waals surface area contributed by atoms with E-state index in [4.69, 9.17) is 21.4 Å². The number of likely N-dealkylation sites (tertiary alicyclic amines) is 1. The van der Waals surface area contributed by atoms with Crippen molar-refractivity contribution < 1.29 is 29.0 Å². The second-order valence-electron chi connectivity index (χ2n) is 16.5. The fourth-order valence-electron chi connectivity index (χ4n) is 11.0. The van der Waals surface area contributed by atoms with Gasteiger partial charge in [0.2, 0.25) is 23.6 Å². The second-order valence-corrected chi connectivity index (χ2v) is 18.0. The largest absolute Gasteiger partial charge is 0.508 e. The highest BCUT2D eigenvalue weighted by Gasteiger charge is 2.68. The highest BCUT2D eigenvalue weighted by molar-refractivity contribution is 7.22. The van der Waals surface area contributed by atoms with Gasteiger partial charge in [0, 0.05) is 46.8 Å². The van der Waals surface area contributed by atoms with Crippen molar-refractivity contribution in [1.82, 2.24) is 14.7 Å². The predicted molar refractivity (Wildman–Crippen MR) is 208 cm³/mol. The van der Waals surface area contributed by atoms with Gasteiger partial charge < -0.3 is 9.84 Å². The number of phenols is 1. The molecule has 0 bridgehead atoms. The SMILES string of the molecule is Cc1c(-c2cc(N3C(=O)[C@@H]4C[C@@H]5C(=CC[C@@H]6C(=O)N(C7CCCCC7)C(=O)[C@@H]65)[C@H](C5=COc6ccc(O)cc6C5)[C@]4(C)C3=O)n(C)n2)sc2ccc(Cl)cc12. The van der Waals surface area contributed by atoms with E-state index >= 15 is 4.79 Å². The summed E-state index contributed by atoms with van der Waals surface area (Å²) in [6.45, 7) is 3.91. The van der Waals surface area contributed by atoms with E-state index in [9.17, 15) is 19.5 Å². The molecule has 6 atom stereocenters. The molecule has 4 amide bonds. The van der Waals surface area contributed by atoms with Crippen molar-refractivity contribution >= 4 is 62.5 Å². The van der Waals surface area contributed by atoms with Crippen molar-refractivity contribution in [1.29, 1.82) is 0 Å². The number of hydrogen-bond acceptors (Lipinski definition) is 8. The third kappa shape index (κ3) is 4.94. The molecule has 2 saturated heterocycles. The summed E-state index contributed by atoms with van der Waals surface area (Å²) >= 11 is 7.92. The maximum atomic E-state index is 15.2. The van der Waals surface area contributed by atoms with Gasteiger partial charge in [0.25, 0.3) is 0 Å². The standard InChI is InChI=1S/C43H41ClN4O6S/c1-21-29-17-24(44)9-14-34(29)55-38(21)32-19-35(46(3)45-32)48-40(51)31-18-30-27(11-12-28-36(30)41(52)47(39(28)50)25-7-5-4-6-8-25)37(43(31,2)42(48)53)23-15-22-16-26(49)10-13-33(22)54-20-23/h9-11,13-14,16-17,19-20,25,28,30-31,36-37,49H,4-8,12,15,18H2,1-3H3/t28-,30+,31-,36-,37-,43+/m0/s1. The molecule has 2 saturated carbocycles. The van der Waals surface area contributed by atoms with Crippen molar-refractivity contribution in [3.63, 3.8) is 0 Å². The third-order valence-electron chi connectivity index (χ3n) is 13.6. The lowest BCUT2D eigenvalue weighted by molar-refractivity contribution is -0.144. The Labute approximate surface area is 327 Å². The number of ether oxygens (including phenoxy) is 1. The van der Waals surface area contributed by atoms with E-state index in [-0.39, 0.29) is 41.8 Å². The van der Waals surface area contributed by atoms with Gasteiger partial charge in [-0.25, -0.2) is 4.90 Å². The van der Waals surface area contributed by atoms with Crippen LogP contribution in [-0.2, 0) is 32.6 Å². The van der Waals surface area contributed by atoms with Crippen molar-refractivity contribution in [3.8, 4) is 22.1 Å². The van der Waals surface area contributed by atoms with Gasteiger partial charge >= 0.3 is 0 Å². The van der Waals surface area contributed by atoms with Crippen LogP contribution in [0, 0.1) is 41.9 Å². The number of aromatic hydroxyl groups is 1. The number of fused-ring (bicyclic) bond motifs is 6. The molecule has 12 heteroatoms. The lowest BCUT2D eigenvalue weighted by Crippen LogP contribution is -2.51. The maximum Gasteiger partial charge on any atom is 0.242 e. The molecule has 4 fully saturated rings. The lowest BCUT2D eigenvalue weighted by Gasteiger charge is -2.50. The molecule has 0 spiro atoms. The van der Waals surface area contributed by atoms with E-state index in [1.807, 2.05) is 38.1 Å². The van der Waals surface area contributed by atoms with Crippen LogP contribution in [-0.4, -0.2) is 49.5 Å². The van der Waals surface area contributed by atoms with Crippen molar-refractivity contribution in [2.75, 3.05) is 4.90 Å². The fourth-order valence-corrected chi connectivity index (χ4v) is 12.3. The minimum absolute atomic E-state index is 0.0862. The summed E-state index contributed by atoms with van der Waals surface area (Å²) in [5.41, 5.74) is 2.95. The van der Waals surface area contributed by atoms with Crippen LogP contribution >= 0.6 is 22.9 Å². The minimum atomic E-state index is -1.22. The van der Waals surface area contributed by atoms with E-state index in [1.165, 1.54) is 4.90 Å². The number of benzene rings is 2. The number of carbonyl (C=O) groups excluding carboxylic acids is 4. The molecule has 0 radical (unpaired) electrons. The molecule has 1 N–H and O–H groups in total. The third-order valence-corrected chi connectivity index (χ3v) is 15.1. The number of amides is 4.